The first-order chi connectivity index (χ1) is 16.9. The summed E-state index contributed by atoms with van der Waals surface area (Å²) in [5.41, 5.74) is 2.62. The summed E-state index contributed by atoms with van der Waals surface area (Å²) in [6.45, 7) is 2.37. The van der Waals surface area contributed by atoms with Crippen LogP contribution in [0.25, 0.3) is 0 Å². The van der Waals surface area contributed by atoms with Crippen LogP contribution in [0.2, 0.25) is 0 Å². The number of nitrogens with zero attached hydrogens (tertiary/aromatic N) is 3. The lowest BCUT2D eigenvalue weighted by Crippen LogP contribution is -2.56. The summed E-state index contributed by atoms with van der Waals surface area (Å²) < 4.78 is 41.8. The molecule has 4 unspecified atom stereocenters. The Balaban J connectivity index is 1.26. The molecule has 8 nitrogen and oxygen atoms in total. The van der Waals surface area contributed by atoms with Gasteiger partial charge in [-0.15, -0.1) is 0 Å². The molecule has 2 aromatic rings. The number of aryl methyl sites for hydroxylation is 1. The molecule has 35 heavy (non-hydrogen) atoms. The highest BCUT2D eigenvalue weighted by Crippen LogP contribution is 2.43. The monoisotopic (exact) mass is 502 g/mol. The van der Waals surface area contributed by atoms with Crippen molar-refractivity contribution in [3.8, 4) is 11.5 Å². The number of piperidine rings is 3. The van der Waals surface area contributed by atoms with E-state index in [2.05, 4.69) is 27.4 Å². The first-order valence-corrected chi connectivity index (χ1v) is 14.4. The van der Waals surface area contributed by atoms with Gasteiger partial charge in [-0.1, -0.05) is 19.3 Å². The molecule has 4 heterocycles. The summed E-state index contributed by atoms with van der Waals surface area (Å²) in [5, 5.41) is 4.93. The van der Waals surface area contributed by atoms with E-state index in [1.165, 1.54) is 63.8 Å². The number of rotatable bonds is 8. The molecule has 1 N–H and O–H groups in total. The van der Waals surface area contributed by atoms with E-state index in [4.69, 9.17) is 14.6 Å². The molecule has 192 valence electrons. The van der Waals surface area contributed by atoms with Crippen molar-refractivity contribution in [1.29, 1.82) is 0 Å². The topological polar surface area (TPSA) is 85.7 Å². The van der Waals surface area contributed by atoms with Crippen LogP contribution in [0.1, 0.15) is 68.2 Å². The number of fused-ring (bicyclic) bond motifs is 3. The van der Waals surface area contributed by atoms with Gasteiger partial charge in [0.1, 0.15) is 16.4 Å². The van der Waals surface area contributed by atoms with Gasteiger partial charge in [-0.2, -0.15) is 5.10 Å². The Hall–Kier alpha value is -2.10. The zero-order valence-corrected chi connectivity index (χ0v) is 21.9. The number of ether oxygens (including phenoxy) is 2. The minimum Gasteiger partial charge on any atom is -0.497 e. The summed E-state index contributed by atoms with van der Waals surface area (Å²) in [6, 6.07) is 7.40. The quantitative estimate of drug-likeness (QED) is 0.593. The standard InChI is InChI=1S/C26H38N4O4S/c1-29-24(15-23(28-29)18-7-5-4-6-8-18)22-17-30-12-11-19(22)13-20(30)16-27-35(31,32)26-14-21(33-2)9-10-25(26)34-3/h9-10,14-15,18-20,22,27H,4-8,11-13,16-17H2,1-3H3. The maximum Gasteiger partial charge on any atom is 0.244 e. The van der Waals surface area contributed by atoms with Gasteiger partial charge < -0.3 is 9.47 Å². The molecule has 0 spiro atoms. The van der Waals surface area contributed by atoms with Crippen LogP contribution in [0.5, 0.6) is 11.5 Å². The third-order valence-electron chi connectivity index (χ3n) is 8.39. The summed E-state index contributed by atoms with van der Waals surface area (Å²) in [7, 11) is 1.36. The van der Waals surface area contributed by atoms with Crippen molar-refractivity contribution in [1.82, 2.24) is 19.4 Å². The third kappa shape index (κ3) is 4.95. The second-order valence-corrected chi connectivity index (χ2v) is 12.1. The van der Waals surface area contributed by atoms with Gasteiger partial charge in [0.2, 0.25) is 10.0 Å². The fraction of sp³-hybridized carbons (Fsp3) is 0.654. The molecule has 6 rings (SSSR count). The molecule has 4 atom stereocenters. The average molecular weight is 503 g/mol. The largest absolute Gasteiger partial charge is 0.497 e. The third-order valence-corrected chi connectivity index (χ3v) is 9.83. The van der Waals surface area contributed by atoms with Gasteiger partial charge >= 0.3 is 0 Å². The van der Waals surface area contributed by atoms with E-state index in [9.17, 15) is 8.42 Å². The number of sulfonamides is 1. The molecule has 3 aliphatic heterocycles. The molecular weight excluding hydrogens is 464 g/mol. The van der Waals surface area contributed by atoms with E-state index in [1.807, 2.05) is 0 Å². The predicted molar refractivity (Wildman–Crippen MR) is 135 cm³/mol. The zero-order valence-electron chi connectivity index (χ0n) is 21.1. The van der Waals surface area contributed by atoms with Crippen molar-refractivity contribution in [2.24, 2.45) is 13.0 Å². The lowest BCUT2D eigenvalue weighted by atomic mass is 9.74. The second kappa shape index (κ2) is 10.1. The summed E-state index contributed by atoms with van der Waals surface area (Å²) in [4.78, 5) is 2.57. The molecule has 0 amide bonds. The number of aromatic nitrogens is 2. The van der Waals surface area contributed by atoms with Crippen molar-refractivity contribution in [2.45, 2.75) is 67.7 Å². The van der Waals surface area contributed by atoms with E-state index in [0.717, 1.165) is 25.9 Å². The van der Waals surface area contributed by atoms with E-state index >= 15 is 0 Å². The summed E-state index contributed by atoms with van der Waals surface area (Å²) in [6.07, 6.45) is 8.65. The number of hydrogen-bond acceptors (Lipinski definition) is 6. The molecule has 1 aliphatic carbocycles. The zero-order chi connectivity index (χ0) is 24.6. The Morgan fingerprint density at radius 1 is 1.09 bits per heavy atom. The first-order valence-electron chi connectivity index (χ1n) is 12.9. The number of methoxy groups -OCH3 is 2. The van der Waals surface area contributed by atoms with Gasteiger partial charge in [-0.05, 0) is 56.3 Å². The van der Waals surface area contributed by atoms with Gasteiger partial charge in [0, 0.05) is 49.8 Å². The molecule has 3 saturated heterocycles. The highest BCUT2D eigenvalue weighted by molar-refractivity contribution is 7.89. The number of nitrogens with one attached hydrogen (secondary N) is 1. The van der Waals surface area contributed by atoms with Gasteiger partial charge in [0.05, 0.1) is 19.9 Å². The molecule has 1 saturated carbocycles. The lowest BCUT2D eigenvalue weighted by molar-refractivity contribution is 0.0306. The van der Waals surface area contributed by atoms with Crippen molar-refractivity contribution < 1.29 is 17.9 Å². The average Bonchev–Trinajstić information content (AvgIpc) is 3.29. The molecule has 0 radical (unpaired) electrons. The Morgan fingerprint density at radius 3 is 2.57 bits per heavy atom. The molecule has 1 aromatic carbocycles. The fourth-order valence-electron chi connectivity index (χ4n) is 6.41. The molecular formula is C26H38N4O4S. The lowest BCUT2D eigenvalue weighted by Gasteiger charge is -2.50. The molecule has 4 fully saturated rings. The molecule has 2 bridgehead atoms. The minimum absolute atomic E-state index is 0.110. The van der Waals surface area contributed by atoms with Gasteiger partial charge in [0.25, 0.3) is 0 Å². The van der Waals surface area contributed by atoms with Gasteiger partial charge in [-0.3, -0.25) is 9.58 Å². The summed E-state index contributed by atoms with van der Waals surface area (Å²) in [5.74, 6) is 2.42. The van der Waals surface area contributed by atoms with Crippen molar-refractivity contribution in [3.05, 3.63) is 35.7 Å². The Labute approximate surface area is 209 Å². The fourth-order valence-corrected chi connectivity index (χ4v) is 7.67. The minimum atomic E-state index is -3.73. The highest BCUT2D eigenvalue weighted by atomic mass is 32.2. The highest BCUT2D eigenvalue weighted by Gasteiger charge is 2.42. The predicted octanol–water partition coefficient (Wildman–Crippen LogP) is 3.64. The van der Waals surface area contributed by atoms with Crippen LogP contribution in [0.4, 0.5) is 0 Å². The summed E-state index contributed by atoms with van der Waals surface area (Å²) >= 11 is 0. The smallest absolute Gasteiger partial charge is 0.244 e. The van der Waals surface area contributed by atoms with Crippen molar-refractivity contribution >= 4 is 10.0 Å². The number of benzene rings is 1. The van der Waals surface area contributed by atoms with Gasteiger partial charge in [0.15, 0.2) is 0 Å². The maximum absolute atomic E-state index is 13.1. The second-order valence-electron chi connectivity index (χ2n) is 10.4. The van der Waals surface area contributed by atoms with Crippen molar-refractivity contribution in [3.63, 3.8) is 0 Å². The van der Waals surface area contributed by atoms with Crippen LogP contribution in [-0.2, 0) is 17.1 Å². The van der Waals surface area contributed by atoms with E-state index in [0.29, 0.717) is 35.8 Å². The Kier molecular flexibility index (Phi) is 7.10. The number of hydrogen-bond donors (Lipinski definition) is 1. The normalized spacial score (nSPS) is 27.2. The van der Waals surface area contributed by atoms with Crippen LogP contribution >= 0.6 is 0 Å². The van der Waals surface area contributed by atoms with Crippen LogP contribution in [0.3, 0.4) is 0 Å². The Morgan fingerprint density at radius 2 is 1.89 bits per heavy atom. The van der Waals surface area contributed by atoms with Crippen LogP contribution in [0.15, 0.2) is 29.2 Å². The van der Waals surface area contributed by atoms with Crippen molar-refractivity contribution in [2.75, 3.05) is 33.9 Å². The van der Waals surface area contributed by atoms with Gasteiger partial charge in [-0.25, -0.2) is 13.1 Å². The van der Waals surface area contributed by atoms with E-state index in [1.54, 1.807) is 12.1 Å². The van der Waals surface area contributed by atoms with E-state index in [-0.39, 0.29) is 10.9 Å². The first kappa shape index (κ1) is 24.6. The van der Waals surface area contributed by atoms with E-state index < -0.39 is 10.0 Å². The van der Waals surface area contributed by atoms with Crippen LogP contribution in [-0.4, -0.2) is 63.0 Å². The molecule has 9 heteroatoms. The Bertz CT molecular complexity index is 1140. The molecule has 1 aromatic heterocycles. The molecule has 4 aliphatic rings. The maximum atomic E-state index is 13.1. The van der Waals surface area contributed by atoms with Crippen LogP contribution in [0, 0.1) is 5.92 Å². The van der Waals surface area contributed by atoms with Crippen LogP contribution < -0.4 is 14.2 Å². The SMILES string of the molecule is COc1ccc(OC)c(S(=O)(=O)NCC2CC3CCN2CC3c2cc(C3CCCCC3)nn2C)c1.